The highest BCUT2D eigenvalue weighted by Crippen LogP contribution is 2.61. The number of thioether (sulfide) groups is 1. The Hall–Kier alpha value is -0.180. The Bertz CT molecular complexity index is 494. The van der Waals surface area contributed by atoms with E-state index in [1.165, 1.54) is 43.4 Å². The van der Waals surface area contributed by atoms with Crippen LogP contribution in [0.15, 0.2) is 29.2 Å². The average Bonchev–Trinajstić information content (AvgIpc) is 2.44. The zero-order valence-corrected chi connectivity index (χ0v) is 14.0. The highest BCUT2D eigenvalue weighted by Gasteiger charge is 2.53. The monoisotopic (exact) mass is 321 g/mol. The van der Waals surface area contributed by atoms with Gasteiger partial charge in [0.2, 0.25) is 0 Å². The van der Waals surface area contributed by atoms with E-state index < -0.39 is 0 Å². The maximum absolute atomic E-state index is 6.71. The molecule has 2 N–H and O–H groups in total. The Morgan fingerprint density at radius 1 is 1.10 bits per heavy atom. The van der Waals surface area contributed by atoms with Crippen LogP contribution in [-0.4, -0.2) is 11.8 Å². The lowest BCUT2D eigenvalue weighted by Crippen LogP contribution is -2.55. The second-order valence-corrected chi connectivity index (χ2v) is 9.10. The lowest BCUT2D eigenvalue weighted by molar-refractivity contribution is -0.0629. The van der Waals surface area contributed by atoms with Gasteiger partial charge >= 0.3 is 0 Å². The summed E-state index contributed by atoms with van der Waals surface area (Å²) in [6.45, 7) is 0. The summed E-state index contributed by atoms with van der Waals surface area (Å²) in [5, 5.41) is 0.861. The van der Waals surface area contributed by atoms with E-state index in [9.17, 15) is 0 Å². The standard InChI is InChI=1S/C18H24ClNS/c19-15-3-1-2-4-16(15)21-11-17(20)18-8-12-5-13(9-18)7-14(6-12)10-18/h1-4,12-14,17H,5-11,20H2. The normalized spacial score (nSPS) is 38.7. The molecule has 4 saturated carbocycles. The Labute approximate surface area is 137 Å². The SMILES string of the molecule is NC(CSc1ccccc1Cl)C12CC3CC(CC(C3)C1)C2. The Morgan fingerprint density at radius 3 is 2.24 bits per heavy atom. The van der Waals surface area contributed by atoms with Gasteiger partial charge in [0, 0.05) is 16.7 Å². The van der Waals surface area contributed by atoms with E-state index in [-0.39, 0.29) is 0 Å². The summed E-state index contributed by atoms with van der Waals surface area (Å²) in [4.78, 5) is 1.18. The van der Waals surface area contributed by atoms with E-state index in [1.807, 2.05) is 23.9 Å². The van der Waals surface area contributed by atoms with Gasteiger partial charge in [-0.3, -0.25) is 0 Å². The summed E-state index contributed by atoms with van der Waals surface area (Å²) in [5.41, 5.74) is 7.15. The molecule has 0 spiro atoms. The molecule has 1 unspecified atom stereocenters. The summed E-state index contributed by atoms with van der Waals surface area (Å²) >= 11 is 8.11. The Morgan fingerprint density at radius 2 is 1.67 bits per heavy atom. The van der Waals surface area contributed by atoms with Gasteiger partial charge in [-0.25, -0.2) is 0 Å². The maximum atomic E-state index is 6.71. The minimum Gasteiger partial charge on any atom is -0.326 e. The lowest BCUT2D eigenvalue weighted by Gasteiger charge is -2.59. The second kappa shape index (κ2) is 5.47. The van der Waals surface area contributed by atoms with Gasteiger partial charge in [0.25, 0.3) is 0 Å². The molecule has 0 aliphatic heterocycles. The van der Waals surface area contributed by atoms with E-state index in [1.54, 1.807) is 0 Å². The van der Waals surface area contributed by atoms with Crippen molar-refractivity contribution in [2.45, 2.75) is 49.5 Å². The van der Waals surface area contributed by atoms with Crippen molar-refractivity contribution >= 4 is 23.4 Å². The van der Waals surface area contributed by atoms with Gasteiger partial charge in [0.05, 0.1) is 5.02 Å². The van der Waals surface area contributed by atoms with Crippen LogP contribution in [0.5, 0.6) is 0 Å². The molecule has 4 bridgehead atoms. The largest absolute Gasteiger partial charge is 0.326 e. The summed E-state index contributed by atoms with van der Waals surface area (Å²) in [6.07, 6.45) is 8.65. The van der Waals surface area contributed by atoms with Gasteiger partial charge in [0.15, 0.2) is 0 Å². The molecule has 4 fully saturated rings. The molecule has 4 aliphatic rings. The number of nitrogens with two attached hydrogens (primary N) is 1. The van der Waals surface area contributed by atoms with Crippen LogP contribution in [0.25, 0.3) is 0 Å². The first-order chi connectivity index (χ1) is 10.1. The molecule has 0 amide bonds. The van der Waals surface area contributed by atoms with Crippen LogP contribution in [0, 0.1) is 23.2 Å². The fourth-order valence-corrected chi connectivity index (χ4v) is 6.94. The highest BCUT2D eigenvalue weighted by atomic mass is 35.5. The lowest BCUT2D eigenvalue weighted by atomic mass is 9.48. The quantitative estimate of drug-likeness (QED) is 0.792. The van der Waals surface area contributed by atoms with Gasteiger partial charge in [-0.2, -0.15) is 0 Å². The highest BCUT2D eigenvalue weighted by molar-refractivity contribution is 7.99. The van der Waals surface area contributed by atoms with E-state index in [0.29, 0.717) is 11.5 Å². The van der Waals surface area contributed by atoms with Crippen molar-refractivity contribution in [1.82, 2.24) is 0 Å². The molecule has 21 heavy (non-hydrogen) atoms. The molecule has 0 aromatic heterocycles. The first kappa shape index (κ1) is 14.4. The number of benzene rings is 1. The third kappa shape index (κ3) is 2.64. The molecule has 1 nitrogen and oxygen atoms in total. The summed E-state index contributed by atoms with van der Waals surface area (Å²) in [6, 6.07) is 8.46. The van der Waals surface area contributed by atoms with Crippen LogP contribution in [0.2, 0.25) is 5.02 Å². The van der Waals surface area contributed by atoms with E-state index in [0.717, 1.165) is 28.5 Å². The van der Waals surface area contributed by atoms with Crippen LogP contribution in [0.4, 0.5) is 0 Å². The molecule has 4 aliphatic carbocycles. The molecular formula is C18H24ClNS. The predicted octanol–water partition coefficient (Wildman–Crippen LogP) is 4.98. The topological polar surface area (TPSA) is 26.0 Å². The first-order valence-electron chi connectivity index (χ1n) is 8.27. The average molecular weight is 322 g/mol. The number of halogens is 1. The maximum Gasteiger partial charge on any atom is 0.0541 e. The van der Waals surface area contributed by atoms with Crippen molar-refractivity contribution in [3.05, 3.63) is 29.3 Å². The molecular weight excluding hydrogens is 298 g/mol. The van der Waals surface area contributed by atoms with Gasteiger partial charge in [-0.05, 0) is 73.8 Å². The van der Waals surface area contributed by atoms with Crippen molar-refractivity contribution < 1.29 is 0 Å². The molecule has 1 aromatic rings. The first-order valence-corrected chi connectivity index (χ1v) is 9.64. The molecule has 5 rings (SSSR count). The van der Waals surface area contributed by atoms with Crippen molar-refractivity contribution in [2.75, 3.05) is 5.75 Å². The molecule has 1 aromatic carbocycles. The second-order valence-electron chi connectivity index (χ2n) is 7.63. The Balaban J connectivity index is 1.45. The molecule has 1 atom stereocenters. The summed E-state index contributed by atoms with van der Waals surface area (Å²) in [5.74, 6) is 3.95. The van der Waals surface area contributed by atoms with Crippen molar-refractivity contribution in [2.24, 2.45) is 28.9 Å². The number of hydrogen-bond acceptors (Lipinski definition) is 2. The zero-order chi connectivity index (χ0) is 14.4. The van der Waals surface area contributed by atoms with E-state index in [4.69, 9.17) is 17.3 Å². The molecule has 3 heteroatoms. The van der Waals surface area contributed by atoms with Crippen molar-refractivity contribution in [1.29, 1.82) is 0 Å². The van der Waals surface area contributed by atoms with E-state index >= 15 is 0 Å². The van der Waals surface area contributed by atoms with Crippen LogP contribution >= 0.6 is 23.4 Å². The molecule has 114 valence electrons. The number of hydrogen-bond donors (Lipinski definition) is 1. The van der Waals surface area contributed by atoms with Crippen LogP contribution in [-0.2, 0) is 0 Å². The van der Waals surface area contributed by atoms with Crippen LogP contribution < -0.4 is 5.73 Å². The van der Waals surface area contributed by atoms with Crippen molar-refractivity contribution in [3.63, 3.8) is 0 Å². The van der Waals surface area contributed by atoms with Crippen LogP contribution in [0.3, 0.4) is 0 Å². The third-order valence-corrected chi connectivity index (χ3v) is 7.76. The molecule has 0 heterocycles. The van der Waals surface area contributed by atoms with Gasteiger partial charge < -0.3 is 5.73 Å². The fraction of sp³-hybridized carbons (Fsp3) is 0.667. The minimum atomic E-state index is 0.326. The summed E-state index contributed by atoms with van der Waals surface area (Å²) in [7, 11) is 0. The summed E-state index contributed by atoms with van der Waals surface area (Å²) < 4.78 is 0. The zero-order valence-electron chi connectivity index (χ0n) is 12.4. The third-order valence-electron chi connectivity index (χ3n) is 6.13. The van der Waals surface area contributed by atoms with Gasteiger partial charge in [-0.1, -0.05) is 23.7 Å². The molecule has 0 saturated heterocycles. The van der Waals surface area contributed by atoms with E-state index in [2.05, 4.69) is 12.1 Å². The predicted molar refractivity (Wildman–Crippen MR) is 90.8 cm³/mol. The fourth-order valence-electron chi connectivity index (χ4n) is 5.55. The number of rotatable bonds is 4. The van der Waals surface area contributed by atoms with Gasteiger partial charge in [0.1, 0.15) is 0 Å². The Kier molecular flexibility index (Phi) is 3.76. The van der Waals surface area contributed by atoms with Crippen LogP contribution in [0.1, 0.15) is 38.5 Å². The van der Waals surface area contributed by atoms with Gasteiger partial charge in [-0.15, -0.1) is 11.8 Å². The smallest absolute Gasteiger partial charge is 0.0541 e. The van der Waals surface area contributed by atoms with Crippen molar-refractivity contribution in [3.8, 4) is 0 Å². The molecule has 0 radical (unpaired) electrons. The minimum absolute atomic E-state index is 0.326.